The predicted molar refractivity (Wildman–Crippen MR) is 279 cm³/mol. The number of ether oxygens (including phenoxy) is 3. The van der Waals surface area contributed by atoms with Crippen molar-refractivity contribution in [3.8, 4) is 0 Å². The lowest BCUT2D eigenvalue weighted by atomic mass is 10.0. The van der Waals surface area contributed by atoms with Crippen molar-refractivity contribution in [3.05, 3.63) is 48.6 Å². The highest BCUT2D eigenvalue weighted by molar-refractivity contribution is 5.71. The molecule has 0 aromatic heterocycles. The second-order valence-electron chi connectivity index (χ2n) is 18.8. The summed E-state index contributed by atoms with van der Waals surface area (Å²) in [5.74, 6) is -0.912. The Morgan fingerprint density at radius 2 is 0.600 bits per heavy atom. The Hall–Kier alpha value is -2.63. The fraction of sp³-hybridized carbons (Fsp3) is 0.814. The van der Waals surface area contributed by atoms with Crippen molar-refractivity contribution in [3.63, 3.8) is 0 Å². The highest BCUT2D eigenvalue weighted by Gasteiger charge is 2.19. The topological polar surface area (TPSA) is 78.9 Å². The zero-order valence-electron chi connectivity index (χ0n) is 43.3. The van der Waals surface area contributed by atoms with E-state index in [1.54, 1.807) is 0 Å². The molecule has 0 aliphatic rings. The van der Waals surface area contributed by atoms with E-state index < -0.39 is 6.10 Å². The van der Waals surface area contributed by atoms with Crippen LogP contribution in [-0.4, -0.2) is 37.2 Å². The molecule has 0 fully saturated rings. The summed E-state index contributed by atoms with van der Waals surface area (Å²) in [5, 5.41) is 0. The molecule has 0 amide bonds. The normalized spacial score (nSPS) is 12.4. The van der Waals surface area contributed by atoms with Crippen molar-refractivity contribution in [1.29, 1.82) is 0 Å². The van der Waals surface area contributed by atoms with Gasteiger partial charge in [-0.25, -0.2) is 0 Å². The third-order valence-electron chi connectivity index (χ3n) is 12.3. The van der Waals surface area contributed by atoms with Gasteiger partial charge in [-0.15, -0.1) is 0 Å². The van der Waals surface area contributed by atoms with Crippen molar-refractivity contribution < 1.29 is 28.6 Å². The molecule has 65 heavy (non-hydrogen) atoms. The SMILES string of the molecule is CC/C=C\C/C=C\C/C=C\C/C=C\CCCCC(=O)O[C@@H](COC(=O)CCCCCCCCCCCCCCCCC)COC(=O)CCCCCCCCCCCCCCCCCCC. The molecule has 0 radical (unpaired) electrons. The summed E-state index contributed by atoms with van der Waals surface area (Å²) in [6, 6.07) is 0. The molecule has 0 saturated carbocycles. The molecule has 0 saturated heterocycles. The number of hydrogen-bond acceptors (Lipinski definition) is 6. The zero-order chi connectivity index (χ0) is 47.2. The first kappa shape index (κ1) is 62.4. The largest absolute Gasteiger partial charge is 0.462 e. The first-order valence-corrected chi connectivity index (χ1v) is 28.1. The molecule has 0 heterocycles. The van der Waals surface area contributed by atoms with Gasteiger partial charge in [-0.05, 0) is 57.8 Å². The first-order chi connectivity index (χ1) is 32.0. The van der Waals surface area contributed by atoms with E-state index >= 15 is 0 Å². The number of carbonyl (C=O) groups excluding carboxylic acids is 3. The van der Waals surface area contributed by atoms with Gasteiger partial charge in [-0.3, -0.25) is 14.4 Å². The quantitative estimate of drug-likeness (QED) is 0.0262. The summed E-state index contributed by atoms with van der Waals surface area (Å²) < 4.78 is 16.8. The van der Waals surface area contributed by atoms with Crippen LogP contribution in [0.5, 0.6) is 0 Å². The van der Waals surface area contributed by atoms with Gasteiger partial charge >= 0.3 is 17.9 Å². The molecular weight excluding hydrogens is 805 g/mol. The van der Waals surface area contributed by atoms with E-state index in [1.807, 2.05) is 0 Å². The van der Waals surface area contributed by atoms with Crippen LogP contribution in [0.15, 0.2) is 48.6 Å². The van der Waals surface area contributed by atoms with Gasteiger partial charge in [0.05, 0.1) is 0 Å². The Morgan fingerprint density at radius 1 is 0.323 bits per heavy atom. The average Bonchev–Trinajstić information content (AvgIpc) is 3.30. The number of rotatable bonds is 51. The molecule has 0 aliphatic carbocycles. The lowest BCUT2D eigenvalue weighted by molar-refractivity contribution is -0.167. The summed E-state index contributed by atoms with van der Waals surface area (Å²) >= 11 is 0. The highest BCUT2D eigenvalue weighted by Crippen LogP contribution is 2.17. The monoisotopic (exact) mass is 911 g/mol. The minimum Gasteiger partial charge on any atom is -0.462 e. The molecular formula is C59H106O6. The summed E-state index contributed by atoms with van der Waals surface area (Å²) in [7, 11) is 0. The molecule has 0 aromatic rings. The Bertz CT molecular complexity index is 1140. The smallest absolute Gasteiger partial charge is 0.306 e. The van der Waals surface area contributed by atoms with Gasteiger partial charge in [-0.2, -0.15) is 0 Å². The van der Waals surface area contributed by atoms with Gasteiger partial charge in [0.2, 0.25) is 0 Å². The fourth-order valence-corrected chi connectivity index (χ4v) is 8.14. The van der Waals surface area contributed by atoms with Gasteiger partial charge in [0.15, 0.2) is 6.10 Å². The Labute approximate surface area is 403 Å². The molecule has 0 unspecified atom stereocenters. The second kappa shape index (κ2) is 54.0. The van der Waals surface area contributed by atoms with E-state index in [0.717, 1.165) is 77.0 Å². The van der Waals surface area contributed by atoms with Gasteiger partial charge in [0.1, 0.15) is 13.2 Å². The molecule has 0 rings (SSSR count). The van der Waals surface area contributed by atoms with Crippen molar-refractivity contribution in [2.24, 2.45) is 0 Å². The van der Waals surface area contributed by atoms with Crippen LogP contribution in [0.25, 0.3) is 0 Å². The van der Waals surface area contributed by atoms with Crippen LogP contribution >= 0.6 is 0 Å². The first-order valence-electron chi connectivity index (χ1n) is 28.1. The van der Waals surface area contributed by atoms with Crippen molar-refractivity contribution in [2.75, 3.05) is 13.2 Å². The van der Waals surface area contributed by atoms with E-state index in [-0.39, 0.29) is 37.5 Å². The number of unbranched alkanes of at least 4 members (excludes halogenated alkanes) is 32. The number of allylic oxidation sites excluding steroid dienone is 8. The van der Waals surface area contributed by atoms with Crippen LogP contribution in [0, 0.1) is 0 Å². The zero-order valence-corrected chi connectivity index (χ0v) is 43.3. The average molecular weight is 911 g/mol. The van der Waals surface area contributed by atoms with Crippen LogP contribution in [0.2, 0.25) is 0 Å². The van der Waals surface area contributed by atoms with Gasteiger partial charge in [0.25, 0.3) is 0 Å². The maximum atomic E-state index is 12.8. The van der Waals surface area contributed by atoms with Crippen LogP contribution in [0.3, 0.4) is 0 Å². The van der Waals surface area contributed by atoms with E-state index in [4.69, 9.17) is 14.2 Å². The number of esters is 3. The van der Waals surface area contributed by atoms with Crippen molar-refractivity contribution >= 4 is 17.9 Å². The molecule has 1 atom stereocenters. The van der Waals surface area contributed by atoms with Gasteiger partial charge in [-0.1, -0.05) is 262 Å². The summed E-state index contributed by atoms with van der Waals surface area (Å²) in [6.45, 7) is 6.53. The third-order valence-corrected chi connectivity index (χ3v) is 12.3. The van der Waals surface area contributed by atoms with Crippen molar-refractivity contribution in [1.82, 2.24) is 0 Å². The molecule has 378 valence electrons. The van der Waals surface area contributed by atoms with E-state index in [9.17, 15) is 14.4 Å². The van der Waals surface area contributed by atoms with Crippen LogP contribution < -0.4 is 0 Å². The third kappa shape index (κ3) is 52.2. The molecule has 6 nitrogen and oxygen atoms in total. The second-order valence-corrected chi connectivity index (χ2v) is 18.8. The fourth-order valence-electron chi connectivity index (χ4n) is 8.14. The highest BCUT2D eigenvalue weighted by atomic mass is 16.6. The number of carbonyl (C=O) groups is 3. The van der Waals surface area contributed by atoms with E-state index in [2.05, 4.69) is 69.4 Å². The molecule has 0 aromatic carbocycles. The van der Waals surface area contributed by atoms with Crippen LogP contribution in [0.1, 0.15) is 290 Å². The maximum Gasteiger partial charge on any atom is 0.306 e. The van der Waals surface area contributed by atoms with E-state index in [0.29, 0.717) is 19.3 Å². The predicted octanol–water partition coefficient (Wildman–Crippen LogP) is 18.7. The Morgan fingerprint density at radius 3 is 0.938 bits per heavy atom. The summed E-state index contributed by atoms with van der Waals surface area (Å²) in [4.78, 5) is 38.1. The molecule has 0 N–H and O–H groups in total. The van der Waals surface area contributed by atoms with E-state index in [1.165, 1.54) is 167 Å². The van der Waals surface area contributed by atoms with Crippen LogP contribution in [0.4, 0.5) is 0 Å². The minimum atomic E-state index is -0.790. The van der Waals surface area contributed by atoms with Crippen LogP contribution in [-0.2, 0) is 28.6 Å². The lowest BCUT2D eigenvalue weighted by Crippen LogP contribution is -2.30. The Kier molecular flexibility index (Phi) is 51.8. The number of hydrogen-bond donors (Lipinski definition) is 0. The molecule has 0 bridgehead atoms. The summed E-state index contributed by atoms with van der Waals surface area (Å²) in [5.41, 5.74) is 0. The van der Waals surface area contributed by atoms with Gasteiger partial charge in [0, 0.05) is 19.3 Å². The van der Waals surface area contributed by atoms with Gasteiger partial charge < -0.3 is 14.2 Å². The lowest BCUT2D eigenvalue weighted by Gasteiger charge is -2.18. The summed E-state index contributed by atoms with van der Waals surface area (Å²) in [6.07, 6.45) is 65.3. The standard InChI is InChI=1S/C59H106O6/c1-4-7-10-13-16-19-22-25-28-29-32-34-37-40-43-46-49-52-58(61)64-55-56(65-59(62)53-50-47-44-41-38-35-31-27-24-21-18-15-12-9-6-3)54-63-57(60)51-48-45-42-39-36-33-30-26-23-20-17-14-11-8-5-2/h9,12,18,21,27,31,38,41,56H,4-8,10-11,13-17,19-20,22-26,28-30,32-37,39-40,42-55H2,1-3H3/b12-9-,21-18-,31-27-,41-38-/t56-/m0/s1. The Balaban J connectivity index is 4.39. The molecule has 0 spiro atoms. The molecule has 0 aliphatic heterocycles. The maximum absolute atomic E-state index is 12.8. The van der Waals surface area contributed by atoms with Crippen molar-refractivity contribution in [2.45, 2.75) is 297 Å². The molecule has 6 heteroatoms. The minimum absolute atomic E-state index is 0.0856.